The molecule has 0 aromatic carbocycles. The average Bonchev–Trinajstić information content (AvgIpc) is 3.01. The molecular formula is C37H70N2O10. The van der Waals surface area contributed by atoms with E-state index in [1.807, 2.05) is 55.6 Å². The van der Waals surface area contributed by atoms with Gasteiger partial charge in [-0.1, -0.05) is 20.8 Å². The summed E-state index contributed by atoms with van der Waals surface area (Å²) in [5.74, 6) is -2.07. The third kappa shape index (κ3) is 10.8. The summed E-state index contributed by atoms with van der Waals surface area (Å²) in [5.41, 5.74) is -3.62. The summed E-state index contributed by atoms with van der Waals surface area (Å²) in [6.45, 7) is 19.1. The van der Waals surface area contributed by atoms with E-state index in [4.69, 9.17) is 28.4 Å². The van der Waals surface area contributed by atoms with E-state index in [0.717, 1.165) is 6.42 Å². The summed E-state index contributed by atoms with van der Waals surface area (Å²) in [4.78, 5) is 16.3. The lowest BCUT2D eigenvalue weighted by atomic mass is 9.77. The molecule has 12 nitrogen and oxygen atoms in total. The standard InChI is InChI=1S/C37H70N2O10/c1-14-28-37(10,43)32(40)26(7)38-20-21(2)17-36(9,42)33(49-29-16-27(39(11)12)15-22(3)45-29)24(5)31(25(6)34(41)47-28)48-30-19-35(8,44-13)18-23(4)46-30/h21-33,38,40,42-43H,14-20H2,1-13H3/t21-,22-,23+,24+,25-,26-,27+,28-,29+,30+,31+,32-,33-,35+,36-,37-/m1/s1. The van der Waals surface area contributed by atoms with Crippen LogP contribution in [0, 0.1) is 17.8 Å². The maximum Gasteiger partial charge on any atom is 0.311 e. The van der Waals surface area contributed by atoms with Crippen molar-refractivity contribution in [2.24, 2.45) is 17.8 Å². The topological polar surface area (TPSA) is 148 Å². The molecule has 3 rings (SSSR count). The number of nitrogens with zero attached hydrogens (tertiary/aromatic N) is 1. The predicted molar refractivity (Wildman–Crippen MR) is 187 cm³/mol. The molecule has 12 heteroatoms. The van der Waals surface area contributed by atoms with E-state index in [1.165, 1.54) is 6.92 Å². The van der Waals surface area contributed by atoms with Crippen molar-refractivity contribution in [1.29, 1.82) is 0 Å². The first-order valence-electron chi connectivity index (χ1n) is 18.5. The minimum Gasteiger partial charge on any atom is -0.459 e. The van der Waals surface area contributed by atoms with Crippen LogP contribution in [0.2, 0.25) is 0 Å². The van der Waals surface area contributed by atoms with E-state index in [9.17, 15) is 20.1 Å². The van der Waals surface area contributed by atoms with Crippen LogP contribution in [0.3, 0.4) is 0 Å². The molecule has 3 saturated heterocycles. The first-order valence-corrected chi connectivity index (χ1v) is 18.5. The number of carbonyl (C=O) groups excluding carboxylic acids is 1. The van der Waals surface area contributed by atoms with Gasteiger partial charge in [-0.15, -0.1) is 0 Å². The number of cyclic esters (lactones) is 1. The molecule has 3 aliphatic heterocycles. The van der Waals surface area contributed by atoms with Crippen LogP contribution in [0.5, 0.6) is 0 Å². The molecule has 0 amide bonds. The van der Waals surface area contributed by atoms with E-state index in [0.29, 0.717) is 32.2 Å². The first kappa shape index (κ1) is 42.5. The number of aliphatic hydroxyl groups excluding tert-OH is 1. The van der Waals surface area contributed by atoms with Crippen LogP contribution < -0.4 is 5.32 Å². The fraction of sp³-hybridized carbons (Fsp3) is 0.973. The second-order valence-electron chi connectivity index (χ2n) is 16.6. The van der Waals surface area contributed by atoms with E-state index < -0.39 is 77.6 Å². The Labute approximate surface area is 295 Å². The Hall–Kier alpha value is -0.930. The van der Waals surface area contributed by atoms with Gasteiger partial charge in [-0.3, -0.25) is 4.79 Å². The summed E-state index contributed by atoms with van der Waals surface area (Å²) >= 11 is 0. The molecule has 3 fully saturated rings. The number of hydrogen-bond acceptors (Lipinski definition) is 12. The number of ether oxygens (including phenoxy) is 6. The molecule has 0 aromatic rings. The summed E-state index contributed by atoms with van der Waals surface area (Å²) in [6, 6.07) is -0.295. The summed E-state index contributed by atoms with van der Waals surface area (Å²) < 4.78 is 38.2. The summed E-state index contributed by atoms with van der Waals surface area (Å²) in [5, 5.41) is 38.6. The van der Waals surface area contributed by atoms with Crippen molar-refractivity contribution in [1.82, 2.24) is 10.2 Å². The van der Waals surface area contributed by atoms with Crippen molar-refractivity contribution in [2.75, 3.05) is 27.7 Å². The van der Waals surface area contributed by atoms with Gasteiger partial charge in [-0.25, -0.2) is 0 Å². The maximum atomic E-state index is 14.1. The third-order valence-electron chi connectivity index (χ3n) is 11.4. The minimum absolute atomic E-state index is 0.0479. The van der Waals surface area contributed by atoms with Gasteiger partial charge in [-0.2, -0.15) is 0 Å². The molecule has 3 aliphatic rings. The highest BCUT2D eigenvalue weighted by Crippen LogP contribution is 2.39. The minimum atomic E-state index is -1.74. The Morgan fingerprint density at radius 1 is 0.918 bits per heavy atom. The molecule has 4 N–H and O–H groups in total. The Morgan fingerprint density at radius 3 is 2.14 bits per heavy atom. The molecule has 3 heterocycles. The predicted octanol–water partition coefficient (Wildman–Crippen LogP) is 3.62. The number of nitrogens with one attached hydrogen (secondary N) is 1. The normalized spacial score (nSPS) is 48.4. The van der Waals surface area contributed by atoms with Gasteiger partial charge in [0.25, 0.3) is 0 Å². The third-order valence-corrected chi connectivity index (χ3v) is 11.4. The van der Waals surface area contributed by atoms with Gasteiger partial charge in [0.1, 0.15) is 17.8 Å². The molecule has 16 atom stereocenters. The largest absolute Gasteiger partial charge is 0.459 e. The van der Waals surface area contributed by atoms with E-state index >= 15 is 0 Å². The highest BCUT2D eigenvalue weighted by atomic mass is 16.7. The van der Waals surface area contributed by atoms with Gasteiger partial charge in [0.05, 0.1) is 41.5 Å². The lowest BCUT2D eigenvalue weighted by Gasteiger charge is -2.47. The second kappa shape index (κ2) is 17.3. The van der Waals surface area contributed by atoms with Crippen LogP contribution in [-0.2, 0) is 33.2 Å². The number of methoxy groups -OCH3 is 1. The number of carbonyl (C=O) groups is 1. The lowest BCUT2D eigenvalue weighted by molar-refractivity contribution is -0.291. The summed E-state index contributed by atoms with van der Waals surface area (Å²) in [7, 11) is 5.77. The van der Waals surface area contributed by atoms with Crippen LogP contribution in [-0.4, -0.2) is 132 Å². The van der Waals surface area contributed by atoms with Crippen molar-refractivity contribution < 1.29 is 48.5 Å². The Kier molecular flexibility index (Phi) is 15.0. The SMILES string of the molecule is CC[C@H]1OC(=O)[C@H](C)[C@@H](O[C@H]2C[C@@](C)(OC)C[C@H](C)O2)[C@H](C)[C@@H](O[C@H]2C[C@@H](N(C)C)C[C@@H](C)O2)[C@](C)(O)C[C@@H](C)CN[C@H](C)[C@@H](O)[C@]1(C)O. The molecule has 0 radical (unpaired) electrons. The Morgan fingerprint density at radius 2 is 1.55 bits per heavy atom. The zero-order chi connectivity index (χ0) is 37.1. The fourth-order valence-electron chi connectivity index (χ4n) is 8.36. The molecule has 0 saturated carbocycles. The highest BCUT2D eigenvalue weighted by Gasteiger charge is 2.50. The van der Waals surface area contributed by atoms with Crippen molar-refractivity contribution in [3.63, 3.8) is 0 Å². The van der Waals surface area contributed by atoms with Gasteiger partial charge in [0, 0.05) is 44.4 Å². The van der Waals surface area contributed by atoms with Crippen LogP contribution in [0.25, 0.3) is 0 Å². The zero-order valence-corrected chi connectivity index (χ0v) is 32.6. The monoisotopic (exact) mass is 703 g/mol. The second-order valence-corrected chi connectivity index (χ2v) is 16.6. The lowest BCUT2D eigenvalue weighted by Crippen LogP contribution is -2.59. The van der Waals surface area contributed by atoms with Crippen LogP contribution >= 0.6 is 0 Å². The number of aliphatic hydroxyl groups is 3. The molecule has 0 spiro atoms. The van der Waals surface area contributed by atoms with E-state index in [1.54, 1.807) is 27.9 Å². The van der Waals surface area contributed by atoms with Crippen LogP contribution in [0.4, 0.5) is 0 Å². The van der Waals surface area contributed by atoms with Gasteiger partial charge in [-0.05, 0) is 94.3 Å². The molecule has 0 aliphatic carbocycles. The Balaban J connectivity index is 2.11. The van der Waals surface area contributed by atoms with Crippen LogP contribution in [0.1, 0.15) is 108 Å². The molecule has 49 heavy (non-hydrogen) atoms. The van der Waals surface area contributed by atoms with Gasteiger partial charge in [0.15, 0.2) is 12.6 Å². The maximum absolute atomic E-state index is 14.1. The first-order chi connectivity index (χ1) is 22.6. The van der Waals surface area contributed by atoms with Crippen LogP contribution in [0.15, 0.2) is 0 Å². The van der Waals surface area contributed by atoms with Gasteiger partial charge < -0.3 is 54.0 Å². The van der Waals surface area contributed by atoms with E-state index in [-0.39, 0.29) is 30.6 Å². The number of rotatable bonds is 7. The number of hydrogen-bond donors (Lipinski definition) is 4. The molecule has 0 unspecified atom stereocenters. The smallest absolute Gasteiger partial charge is 0.311 e. The van der Waals surface area contributed by atoms with Gasteiger partial charge >= 0.3 is 5.97 Å². The van der Waals surface area contributed by atoms with Crippen molar-refractivity contribution >= 4 is 5.97 Å². The van der Waals surface area contributed by atoms with E-state index in [2.05, 4.69) is 10.2 Å². The van der Waals surface area contributed by atoms with Gasteiger partial charge in [0.2, 0.25) is 0 Å². The average molecular weight is 703 g/mol. The molecule has 0 bridgehead atoms. The molecular weight excluding hydrogens is 632 g/mol. The fourth-order valence-corrected chi connectivity index (χ4v) is 8.36. The molecule has 288 valence electrons. The highest BCUT2D eigenvalue weighted by molar-refractivity contribution is 5.73. The summed E-state index contributed by atoms with van der Waals surface area (Å²) in [6.07, 6.45) is -2.15. The number of esters is 1. The quantitative estimate of drug-likeness (QED) is 0.287. The van der Waals surface area contributed by atoms with Crippen molar-refractivity contribution in [2.45, 2.75) is 186 Å². The molecule has 0 aromatic heterocycles. The van der Waals surface area contributed by atoms with Crippen molar-refractivity contribution in [3.05, 3.63) is 0 Å². The zero-order valence-electron chi connectivity index (χ0n) is 32.6. The van der Waals surface area contributed by atoms with Crippen molar-refractivity contribution in [3.8, 4) is 0 Å². The Bertz CT molecular complexity index is 1040.